The Morgan fingerprint density at radius 1 is 1.05 bits per heavy atom. The number of rotatable bonds is 5. The van der Waals surface area contributed by atoms with Gasteiger partial charge in [0, 0.05) is 24.7 Å². The molecule has 2 N–H and O–H groups in total. The van der Waals surface area contributed by atoms with Gasteiger partial charge in [-0.1, -0.05) is 17.7 Å². The van der Waals surface area contributed by atoms with Crippen LogP contribution in [0.15, 0.2) is 36.4 Å². The number of benzene rings is 2. The molecule has 0 heterocycles. The van der Waals surface area contributed by atoms with Crippen LogP contribution in [0, 0.1) is 25.5 Å². The Hall–Kier alpha value is -2.43. The number of hydrogen-bond donors (Lipinski definition) is 2. The highest BCUT2D eigenvalue weighted by Gasteiger charge is 2.08. The van der Waals surface area contributed by atoms with Crippen molar-refractivity contribution in [1.82, 2.24) is 0 Å². The summed E-state index contributed by atoms with van der Waals surface area (Å²) in [4.78, 5) is 11.8. The molecule has 0 radical (unpaired) electrons. The van der Waals surface area contributed by atoms with Crippen molar-refractivity contribution in [2.45, 2.75) is 20.3 Å². The fraction of sp³-hybridized carbons (Fsp3) is 0.235. The number of carbonyl (C=O) groups excluding carboxylic acids is 1. The molecule has 22 heavy (non-hydrogen) atoms. The van der Waals surface area contributed by atoms with Crippen molar-refractivity contribution in [3.05, 3.63) is 59.2 Å². The fourth-order valence-electron chi connectivity index (χ4n) is 2.13. The summed E-state index contributed by atoms with van der Waals surface area (Å²) >= 11 is 0. The summed E-state index contributed by atoms with van der Waals surface area (Å²) in [5.41, 5.74) is 3.22. The fourth-order valence-corrected chi connectivity index (χ4v) is 2.13. The molecule has 5 heteroatoms. The number of nitrogens with one attached hydrogen (secondary N) is 2. The lowest BCUT2D eigenvalue weighted by molar-refractivity contribution is -0.116. The first-order chi connectivity index (χ1) is 10.5. The molecule has 0 saturated heterocycles. The average molecular weight is 304 g/mol. The molecule has 0 bridgehead atoms. The number of halogens is 2. The Labute approximate surface area is 128 Å². The molecule has 2 rings (SSSR count). The van der Waals surface area contributed by atoms with Crippen LogP contribution in [0.3, 0.4) is 0 Å². The predicted octanol–water partition coefficient (Wildman–Crippen LogP) is 4.02. The smallest absolute Gasteiger partial charge is 0.226 e. The monoisotopic (exact) mass is 304 g/mol. The van der Waals surface area contributed by atoms with Gasteiger partial charge in [0.05, 0.1) is 5.69 Å². The van der Waals surface area contributed by atoms with E-state index in [4.69, 9.17) is 0 Å². The maximum absolute atomic E-state index is 13.4. The zero-order chi connectivity index (χ0) is 16.1. The largest absolute Gasteiger partial charge is 0.384 e. The summed E-state index contributed by atoms with van der Waals surface area (Å²) < 4.78 is 26.2. The second kappa shape index (κ2) is 7.02. The quantitative estimate of drug-likeness (QED) is 0.876. The molecule has 0 saturated carbocycles. The molecule has 3 nitrogen and oxygen atoms in total. The third kappa shape index (κ3) is 4.28. The van der Waals surface area contributed by atoms with E-state index in [9.17, 15) is 13.6 Å². The second-order valence-corrected chi connectivity index (χ2v) is 5.17. The SMILES string of the molecule is Cc1ccc(NCCC(=O)Nc2ccc(F)cc2F)c(C)c1. The van der Waals surface area contributed by atoms with Crippen LogP contribution < -0.4 is 10.6 Å². The number of carbonyl (C=O) groups is 1. The van der Waals surface area contributed by atoms with E-state index in [-0.39, 0.29) is 18.0 Å². The van der Waals surface area contributed by atoms with Gasteiger partial charge < -0.3 is 10.6 Å². The molecule has 0 fully saturated rings. The van der Waals surface area contributed by atoms with Gasteiger partial charge in [-0.3, -0.25) is 4.79 Å². The second-order valence-electron chi connectivity index (χ2n) is 5.17. The lowest BCUT2D eigenvalue weighted by Gasteiger charge is -2.11. The van der Waals surface area contributed by atoms with Gasteiger partial charge >= 0.3 is 0 Å². The van der Waals surface area contributed by atoms with Crippen LogP contribution >= 0.6 is 0 Å². The molecule has 2 aromatic rings. The van der Waals surface area contributed by atoms with Crippen molar-refractivity contribution in [2.24, 2.45) is 0 Å². The van der Waals surface area contributed by atoms with E-state index in [1.807, 2.05) is 26.0 Å². The van der Waals surface area contributed by atoms with Crippen molar-refractivity contribution in [2.75, 3.05) is 17.2 Å². The molecule has 0 aliphatic heterocycles. The Morgan fingerprint density at radius 2 is 1.77 bits per heavy atom. The lowest BCUT2D eigenvalue weighted by atomic mass is 10.1. The highest BCUT2D eigenvalue weighted by molar-refractivity contribution is 5.91. The van der Waals surface area contributed by atoms with Crippen LogP contribution in [-0.2, 0) is 4.79 Å². The van der Waals surface area contributed by atoms with Crippen molar-refractivity contribution >= 4 is 17.3 Å². The van der Waals surface area contributed by atoms with Gasteiger partial charge in [-0.25, -0.2) is 8.78 Å². The summed E-state index contributed by atoms with van der Waals surface area (Å²) in [5.74, 6) is -1.79. The van der Waals surface area contributed by atoms with Crippen LogP contribution in [0.1, 0.15) is 17.5 Å². The number of hydrogen-bond acceptors (Lipinski definition) is 2. The molecular weight excluding hydrogens is 286 g/mol. The molecule has 2 aromatic carbocycles. The molecule has 0 atom stereocenters. The summed E-state index contributed by atoms with van der Waals surface area (Å²) in [6.07, 6.45) is 0.185. The summed E-state index contributed by atoms with van der Waals surface area (Å²) in [6.45, 7) is 4.43. The topological polar surface area (TPSA) is 41.1 Å². The summed E-state index contributed by atoms with van der Waals surface area (Å²) in [7, 11) is 0. The maximum atomic E-state index is 13.4. The van der Waals surface area contributed by atoms with Gasteiger partial charge in [0.1, 0.15) is 11.6 Å². The highest BCUT2D eigenvalue weighted by atomic mass is 19.1. The van der Waals surface area contributed by atoms with Crippen LogP contribution in [0.25, 0.3) is 0 Å². The van der Waals surface area contributed by atoms with E-state index in [2.05, 4.69) is 16.7 Å². The molecule has 1 amide bonds. The lowest BCUT2D eigenvalue weighted by Crippen LogP contribution is -2.17. The highest BCUT2D eigenvalue weighted by Crippen LogP contribution is 2.17. The molecule has 0 aromatic heterocycles. The summed E-state index contributed by atoms with van der Waals surface area (Å²) in [5, 5.41) is 5.59. The first kappa shape index (κ1) is 15.9. The Bertz CT molecular complexity index is 686. The minimum atomic E-state index is -0.782. The van der Waals surface area contributed by atoms with Crippen molar-refractivity contribution in [1.29, 1.82) is 0 Å². The predicted molar refractivity (Wildman–Crippen MR) is 84.0 cm³/mol. The van der Waals surface area contributed by atoms with E-state index in [0.29, 0.717) is 6.54 Å². The van der Waals surface area contributed by atoms with E-state index < -0.39 is 11.6 Å². The molecule has 116 valence electrons. The minimum absolute atomic E-state index is 0.0158. The van der Waals surface area contributed by atoms with Crippen LogP contribution in [0.5, 0.6) is 0 Å². The molecule has 0 spiro atoms. The van der Waals surface area contributed by atoms with Gasteiger partial charge in [0.15, 0.2) is 0 Å². The number of aryl methyl sites for hydroxylation is 2. The summed E-state index contributed by atoms with van der Waals surface area (Å²) in [6, 6.07) is 9.05. The van der Waals surface area contributed by atoms with Gasteiger partial charge in [-0.05, 0) is 37.6 Å². The average Bonchev–Trinajstić information content (AvgIpc) is 2.44. The Kier molecular flexibility index (Phi) is 5.09. The van der Waals surface area contributed by atoms with Crippen LogP contribution in [0.4, 0.5) is 20.2 Å². The van der Waals surface area contributed by atoms with Crippen LogP contribution in [0.2, 0.25) is 0 Å². The van der Waals surface area contributed by atoms with Crippen molar-refractivity contribution in [3.63, 3.8) is 0 Å². The molecule has 0 unspecified atom stereocenters. The Balaban J connectivity index is 1.85. The van der Waals surface area contributed by atoms with E-state index in [1.54, 1.807) is 0 Å². The molecule has 0 aliphatic rings. The normalized spacial score (nSPS) is 10.4. The molecule has 0 aliphatic carbocycles. The van der Waals surface area contributed by atoms with E-state index in [0.717, 1.165) is 23.4 Å². The third-order valence-electron chi connectivity index (χ3n) is 3.25. The van der Waals surface area contributed by atoms with E-state index >= 15 is 0 Å². The molecular formula is C17H18F2N2O. The standard InChI is InChI=1S/C17H18F2N2O/c1-11-3-5-15(12(2)9-11)20-8-7-17(22)21-16-6-4-13(18)10-14(16)19/h3-6,9-10,20H,7-8H2,1-2H3,(H,21,22). The number of anilines is 2. The zero-order valence-electron chi connectivity index (χ0n) is 12.5. The van der Waals surface area contributed by atoms with Crippen molar-refractivity contribution in [3.8, 4) is 0 Å². The minimum Gasteiger partial charge on any atom is -0.384 e. The first-order valence-corrected chi connectivity index (χ1v) is 7.02. The van der Waals surface area contributed by atoms with Gasteiger partial charge in [0.25, 0.3) is 0 Å². The van der Waals surface area contributed by atoms with Crippen LogP contribution in [-0.4, -0.2) is 12.5 Å². The third-order valence-corrected chi connectivity index (χ3v) is 3.25. The van der Waals surface area contributed by atoms with Crippen molar-refractivity contribution < 1.29 is 13.6 Å². The van der Waals surface area contributed by atoms with Gasteiger partial charge in [-0.2, -0.15) is 0 Å². The maximum Gasteiger partial charge on any atom is 0.226 e. The first-order valence-electron chi connectivity index (χ1n) is 7.02. The number of amides is 1. The van der Waals surface area contributed by atoms with E-state index in [1.165, 1.54) is 11.6 Å². The van der Waals surface area contributed by atoms with Gasteiger partial charge in [0.2, 0.25) is 5.91 Å². The zero-order valence-corrected chi connectivity index (χ0v) is 12.5. The Morgan fingerprint density at radius 3 is 2.45 bits per heavy atom. The van der Waals surface area contributed by atoms with Gasteiger partial charge in [-0.15, -0.1) is 0 Å².